The van der Waals surface area contributed by atoms with Crippen LogP contribution in [0.15, 0.2) is 36.4 Å². The number of phenolic OH excluding ortho intramolecular Hbond substituents is 1. The summed E-state index contributed by atoms with van der Waals surface area (Å²) in [6.45, 7) is 22.2. The quantitative estimate of drug-likeness (QED) is 0.207. The predicted octanol–water partition coefficient (Wildman–Crippen LogP) is 10.0. The highest BCUT2D eigenvalue weighted by molar-refractivity contribution is 5.87. The molecule has 0 radical (unpaired) electrons. The molecule has 242 valence electrons. The van der Waals surface area contributed by atoms with E-state index in [1.807, 2.05) is 0 Å². The fraction of sp³-hybridized carbons (Fsp3) is 0.725. The van der Waals surface area contributed by atoms with Gasteiger partial charge in [0, 0.05) is 11.5 Å². The zero-order valence-corrected chi connectivity index (χ0v) is 28.8. The number of aromatic hydroxyl groups is 1. The summed E-state index contributed by atoms with van der Waals surface area (Å²) in [6.07, 6.45) is 16.0. The highest BCUT2D eigenvalue weighted by atomic mass is 16.5. The Morgan fingerprint density at radius 1 is 0.909 bits per heavy atom. The Morgan fingerprint density at radius 3 is 2.36 bits per heavy atom. The average Bonchev–Trinajstić information content (AvgIpc) is 3.32. The van der Waals surface area contributed by atoms with Crippen molar-refractivity contribution >= 4 is 12.0 Å². The maximum atomic E-state index is 13.1. The molecule has 5 fully saturated rings. The van der Waals surface area contributed by atoms with E-state index in [0.29, 0.717) is 39.7 Å². The lowest BCUT2D eigenvalue weighted by Crippen LogP contribution is -2.66. The standard InChI is InChI=1S/C40H58O4/c1-25(2)27-16-19-37(5)22-23-39(7)28(35(27)37)12-14-32-38(6)20-18-33(36(3,4)31(38)17-21-40(32,39)8)44-34(42)15-11-26-10-13-29(41)30(24-26)43-9/h10-11,13,15,24,27-28,31-33,35,41H,1,12,14,16-23H2,2-9H3/b15-11-/t27-,28+,31-,32+,33-,35+,37+,38-,39+,40+/m0/s1. The van der Waals surface area contributed by atoms with Crippen molar-refractivity contribution in [3.05, 3.63) is 42.0 Å². The number of hydrogen-bond acceptors (Lipinski definition) is 4. The molecule has 1 aromatic carbocycles. The zero-order chi connectivity index (χ0) is 31.9. The van der Waals surface area contributed by atoms with Gasteiger partial charge in [-0.25, -0.2) is 4.79 Å². The summed E-state index contributed by atoms with van der Waals surface area (Å²) in [5.41, 5.74) is 3.61. The van der Waals surface area contributed by atoms with Gasteiger partial charge >= 0.3 is 5.97 Å². The van der Waals surface area contributed by atoms with E-state index in [0.717, 1.165) is 30.2 Å². The third-order valence-electron chi connectivity index (χ3n) is 15.3. The van der Waals surface area contributed by atoms with Crippen LogP contribution in [0.3, 0.4) is 0 Å². The molecule has 0 aliphatic heterocycles. The van der Waals surface area contributed by atoms with E-state index < -0.39 is 0 Å². The van der Waals surface area contributed by atoms with E-state index in [2.05, 4.69) is 55.0 Å². The Kier molecular flexibility index (Phi) is 7.69. The molecule has 5 aliphatic rings. The largest absolute Gasteiger partial charge is 0.504 e. The summed E-state index contributed by atoms with van der Waals surface area (Å²) in [5, 5.41) is 9.89. The maximum Gasteiger partial charge on any atom is 0.331 e. The number of ether oxygens (including phenoxy) is 2. The molecule has 1 N–H and O–H groups in total. The van der Waals surface area contributed by atoms with Gasteiger partial charge in [0.1, 0.15) is 6.10 Å². The van der Waals surface area contributed by atoms with Crippen LogP contribution in [0.2, 0.25) is 0 Å². The maximum absolute atomic E-state index is 13.1. The third-order valence-corrected chi connectivity index (χ3v) is 15.3. The van der Waals surface area contributed by atoms with E-state index in [1.54, 1.807) is 24.3 Å². The van der Waals surface area contributed by atoms with Gasteiger partial charge in [-0.05, 0) is 146 Å². The molecule has 5 aliphatic carbocycles. The van der Waals surface area contributed by atoms with Crippen LogP contribution in [0.1, 0.15) is 118 Å². The highest BCUT2D eigenvalue weighted by Crippen LogP contribution is 2.77. The number of phenols is 1. The first kappa shape index (κ1) is 31.7. The van der Waals surface area contributed by atoms with Crippen LogP contribution in [-0.4, -0.2) is 24.3 Å². The monoisotopic (exact) mass is 602 g/mol. The van der Waals surface area contributed by atoms with Crippen molar-refractivity contribution < 1.29 is 19.4 Å². The fourth-order valence-electron chi connectivity index (χ4n) is 12.8. The van der Waals surface area contributed by atoms with Crippen molar-refractivity contribution in [3.63, 3.8) is 0 Å². The Labute approximate surface area is 267 Å². The molecule has 0 spiro atoms. The van der Waals surface area contributed by atoms with Gasteiger partial charge in [0.05, 0.1) is 7.11 Å². The van der Waals surface area contributed by atoms with Gasteiger partial charge in [0.15, 0.2) is 11.5 Å². The normalized spacial score (nSPS) is 44.2. The van der Waals surface area contributed by atoms with Crippen molar-refractivity contribution in [1.29, 1.82) is 0 Å². The number of hydrogen-bond donors (Lipinski definition) is 1. The first-order valence-corrected chi connectivity index (χ1v) is 17.5. The van der Waals surface area contributed by atoms with Gasteiger partial charge in [-0.1, -0.05) is 59.8 Å². The van der Waals surface area contributed by atoms with Crippen LogP contribution in [0.25, 0.3) is 6.08 Å². The van der Waals surface area contributed by atoms with Crippen LogP contribution in [0, 0.1) is 56.7 Å². The topological polar surface area (TPSA) is 55.8 Å². The molecule has 0 bridgehead atoms. The number of allylic oxidation sites excluding steroid dienone is 1. The Hall–Kier alpha value is -2.23. The van der Waals surface area contributed by atoms with Crippen molar-refractivity contribution in [3.8, 4) is 11.5 Å². The van der Waals surface area contributed by atoms with E-state index >= 15 is 0 Å². The second-order valence-corrected chi connectivity index (χ2v) is 17.4. The number of methoxy groups -OCH3 is 1. The van der Waals surface area contributed by atoms with E-state index in [9.17, 15) is 9.90 Å². The van der Waals surface area contributed by atoms with Gasteiger partial charge in [0.25, 0.3) is 0 Å². The number of carbonyl (C=O) groups excluding carboxylic acids is 1. The van der Waals surface area contributed by atoms with Crippen LogP contribution in [-0.2, 0) is 9.53 Å². The molecule has 0 unspecified atom stereocenters. The molecular weight excluding hydrogens is 544 g/mol. The lowest BCUT2D eigenvalue weighted by atomic mass is 9.32. The predicted molar refractivity (Wildman–Crippen MR) is 178 cm³/mol. The van der Waals surface area contributed by atoms with Crippen LogP contribution >= 0.6 is 0 Å². The average molecular weight is 603 g/mol. The second-order valence-electron chi connectivity index (χ2n) is 17.4. The zero-order valence-electron chi connectivity index (χ0n) is 28.8. The molecule has 5 saturated carbocycles. The number of rotatable bonds is 5. The molecule has 10 atom stereocenters. The molecule has 0 heterocycles. The summed E-state index contributed by atoms with van der Waals surface area (Å²) in [7, 11) is 1.52. The summed E-state index contributed by atoms with van der Waals surface area (Å²) in [6, 6.07) is 5.07. The SMILES string of the molecule is C=C(C)[C@@H]1CC[C@]2(C)CC[C@]3(C)[C@H](CC[C@@H]4[C@@]5(C)CC[C@H](OC(=O)/C=C\c6ccc(O)c(OC)c6)C(C)(C)[C@@H]5CC[C@]43C)[C@@H]12. The van der Waals surface area contributed by atoms with Gasteiger partial charge in [-0.3, -0.25) is 0 Å². The molecule has 4 heteroatoms. The van der Waals surface area contributed by atoms with Crippen molar-refractivity contribution in [2.75, 3.05) is 7.11 Å². The minimum Gasteiger partial charge on any atom is -0.504 e. The highest BCUT2D eigenvalue weighted by Gasteiger charge is 2.70. The minimum absolute atomic E-state index is 0.0843. The Balaban J connectivity index is 1.21. The molecule has 4 nitrogen and oxygen atoms in total. The Bertz CT molecular complexity index is 1340. The molecule has 0 aromatic heterocycles. The van der Waals surface area contributed by atoms with Gasteiger partial charge in [-0.15, -0.1) is 0 Å². The van der Waals surface area contributed by atoms with Gasteiger partial charge in [-0.2, -0.15) is 0 Å². The molecular formula is C40H58O4. The van der Waals surface area contributed by atoms with Gasteiger partial charge < -0.3 is 14.6 Å². The number of benzene rings is 1. The molecule has 6 rings (SSSR count). The van der Waals surface area contributed by atoms with Crippen molar-refractivity contribution in [2.24, 2.45) is 56.7 Å². The third kappa shape index (κ3) is 4.54. The minimum atomic E-state index is -0.290. The van der Waals surface area contributed by atoms with E-state index in [4.69, 9.17) is 9.47 Å². The molecule has 0 saturated heterocycles. The smallest absolute Gasteiger partial charge is 0.331 e. The summed E-state index contributed by atoms with van der Waals surface area (Å²) < 4.78 is 11.5. The fourth-order valence-corrected chi connectivity index (χ4v) is 12.8. The van der Waals surface area contributed by atoms with E-state index in [-0.39, 0.29) is 28.7 Å². The van der Waals surface area contributed by atoms with Crippen LogP contribution in [0.4, 0.5) is 0 Å². The van der Waals surface area contributed by atoms with Crippen molar-refractivity contribution in [1.82, 2.24) is 0 Å². The number of fused-ring (bicyclic) bond motifs is 7. The first-order chi connectivity index (χ1) is 20.6. The van der Waals surface area contributed by atoms with E-state index in [1.165, 1.54) is 70.1 Å². The Morgan fingerprint density at radius 2 is 1.66 bits per heavy atom. The van der Waals surface area contributed by atoms with Gasteiger partial charge in [0.2, 0.25) is 0 Å². The number of carbonyl (C=O) groups is 1. The second kappa shape index (κ2) is 10.7. The number of esters is 1. The van der Waals surface area contributed by atoms with Crippen molar-refractivity contribution in [2.45, 2.75) is 119 Å². The summed E-state index contributed by atoms with van der Waals surface area (Å²) in [5.74, 6) is 3.73. The summed E-state index contributed by atoms with van der Waals surface area (Å²) >= 11 is 0. The van der Waals surface area contributed by atoms with Crippen LogP contribution in [0.5, 0.6) is 11.5 Å². The lowest BCUT2D eigenvalue weighted by molar-refractivity contribution is -0.248. The molecule has 0 amide bonds. The first-order valence-electron chi connectivity index (χ1n) is 17.5. The summed E-state index contributed by atoms with van der Waals surface area (Å²) in [4.78, 5) is 13.1. The van der Waals surface area contributed by atoms with Crippen LogP contribution < -0.4 is 4.74 Å². The molecule has 1 aromatic rings. The lowest BCUT2D eigenvalue weighted by Gasteiger charge is -2.73. The molecule has 44 heavy (non-hydrogen) atoms.